The molecule has 1 heterocycles. The molecule has 1 fully saturated rings. The monoisotopic (exact) mass is 294 g/mol. The third-order valence-corrected chi connectivity index (χ3v) is 5.18. The summed E-state index contributed by atoms with van der Waals surface area (Å²) in [7, 11) is 2.29. The van der Waals surface area contributed by atoms with E-state index < -0.39 is 0 Å². The van der Waals surface area contributed by atoms with E-state index in [9.17, 15) is 0 Å². The second-order valence-corrected chi connectivity index (χ2v) is 8.43. The van der Waals surface area contributed by atoms with E-state index in [0.29, 0.717) is 0 Å². The van der Waals surface area contributed by atoms with Crippen LogP contribution in [0.4, 0.5) is 0 Å². The van der Waals surface area contributed by atoms with Gasteiger partial charge in [0.25, 0.3) is 0 Å². The van der Waals surface area contributed by atoms with Crippen LogP contribution in [-0.2, 0) is 13.1 Å². The van der Waals surface area contributed by atoms with Gasteiger partial charge >= 0.3 is 0 Å². The van der Waals surface area contributed by atoms with E-state index >= 15 is 0 Å². The first-order valence-electron chi connectivity index (χ1n) is 7.97. The van der Waals surface area contributed by atoms with Crippen molar-refractivity contribution in [1.29, 1.82) is 0 Å². The molecule has 1 aromatic rings. The van der Waals surface area contributed by atoms with Crippen LogP contribution in [0.25, 0.3) is 0 Å². The zero-order valence-corrected chi connectivity index (χ0v) is 14.4. The highest BCUT2D eigenvalue weighted by Crippen LogP contribution is 2.25. The molecule has 1 N–H and O–H groups in total. The summed E-state index contributed by atoms with van der Waals surface area (Å²) < 4.78 is 0. The third-order valence-electron chi connectivity index (χ3n) is 4.11. The quantitative estimate of drug-likeness (QED) is 0.866. The van der Waals surface area contributed by atoms with Gasteiger partial charge in [-0.15, -0.1) is 11.3 Å². The van der Waals surface area contributed by atoms with Crippen molar-refractivity contribution in [3.63, 3.8) is 0 Å². The average molecular weight is 295 g/mol. The Morgan fingerprint density at radius 3 is 2.45 bits per heavy atom. The number of rotatable bonds is 5. The van der Waals surface area contributed by atoms with Gasteiger partial charge in [0.2, 0.25) is 0 Å². The van der Waals surface area contributed by atoms with Gasteiger partial charge in [-0.1, -0.05) is 19.3 Å². The summed E-state index contributed by atoms with van der Waals surface area (Å²) in [5.41, 5.74) is 0.197. The zero-order valence-electron chi connectivity index (χ0n) is 13.5. The van der Waals surface area contributed by atoms with E-state index in [4.69, 9.17) is 0 Å². The molecule has 1 aliphatic carbocycles. The van der Waals surface area contributed by atoms with Crippen molar-refractivity contribution < 1.29 is 0 Å². The average Bonchev–Trinajstić information content (AvgIpc) is 2.84. The van der Waals surface area contributed by atoms with E-state index in [1.54, 1.807) is 0 Å². The van der Waals surface area contributed by atoms with E-state index in [1.165, 1.54) is 41.9 Å². The molecule has 0 unspecified atom stereocenters. The Morgan fingerprint density at radius 1 is 1.15 bits per heavy atom. The smallest absolute Gasteiger partial charge is 0.0327 e. The van der Waals surface area contributed by atoms with E-state index in [0.717, 1.165) is 19.1 Å². The first-order chi connectivity index (χ1) is 9.44. The largest absolute Gasteiger partial charge is 0.307 e. The van der Waals surface area contributed by atoms with Crippen LogP contribution in [-0.4, -0.2) is 23.5 Å². The number of nitrogens with zero attached hydrogens (tertiary/aromatic N) is 1. The first-order valence-corrected chi connectivity index (χ1v) is 8.78. The Morgan fingerprint density at radius 2 is 1.80 bits per heavy atom. The van der Waals surface area contributed by atoms with Gasteiger partial charge in [0.1, 0.15) is 0 Å². The molecule has 0 bridgehead atoms. The van der Waals surface area contributed by atoms with Gasteiger partial charge in [-0.3, -0.25) is 4.90 Å². The van der Waals surface area contributed by atoms with Gasteiger partial charge in [0, 0.05) is 34.4 Å². The topological polar surface area (TPSA) is 15.3 Å². The summed E-state index contributed by atoms with van der Waals surface area (Å²) in [4.78, 5) is 5.52. The SMILES string of the molecule is CN(Cc1ccc(CNC(C)(C)C)s1)C1CCCCC1. The molecule has 1 aliphatic rings. The van der Waals surface area contributed by atoms with Gasteiger partial charge in [0.15, 0.2) is 0 Å². The van der Waals surface area contributed by atoms with Crippen molar-refractivity contribution in [3.05, 3.63) is 21.9 Å². The minimum absolute atomic E-state index is 0.197. The molecule has 0 radical (unpaired) electrons. The first kappa shape index (κ1) is 16.0. The maximum Gasteiger partial charge on any atom is 0.0327 e. The molecule has 1 aromatic heterocycles. The maximum absolute atomic E-state index is 3.56. The molecule has 2 rings (SSSR count). The Balaban J connectivity index is 1.82. The molecule has 3 heteroatoms. The highest BCUT2D eigenvalue weighted by molar-refractivity contribution is 7.11. The predicted octanol–water partition coefficient (Wildman–Crippen LogP) is 4.40. The number of thiophene rings is 1. The lowest BCUT2D eigenvalue weighted by molar-refractivity contribution is 0.186. The van der Waals surface area contributed by atoms with E-state index in [1.807, 2.05) is 11.3 Å². The molecule has 1 saturated carbocycles. The van der Waals surface area contributed by atoms with Gasteiger partial charge in [-0.25, -0.2) is 0 Å². The summed E-state index contributed by atoms with van der Waals surface area (Å²) in [6.07, 6.45) is 7.05. The molecular weight excluding hydrogens is 264 g/mol. The molecule has 0 aliphatic heterocycles. The van der Waals surface area contributed by atoms with Crippen LogP contribution in [0, 0.1) is 0 Å². The second-order valence-electron chi connectivity index (χ2n) is 7.18. The van der Waals surface area contributed by atoms with Crippen LogP contribution in [0.15, 0.2) is 12.1 Å². The van der Waals surface area contributed by atoms with Crippen molar-refractivity contribution in [2.24, 2.45) is 0 Å². The lowest BCUT2D eigenvalue weighted by Crippen LogP contribution is -2.34. The molecule has 0 aromatic carbocycles. The Labute approximate surface area is 128 Å². The standard InChI is InChI=1S/C17H30N2S/c1-17(2,3)18-12-15-10-11-16(20-15)13-19(4)14-8-6-5-7-9-14/h10-11,14,18H,5-9,12-13H2,1-4H3. The summed E-state index contributed by atoms with van der Waals surface area (Å²) >= 11 is 1.96. The highest BCUT2D eigenvalue weighted by Gasteiger charge is 2.18. The molecule has 0 spiro atoms. The van der Waals surface area contributed by atoms with Crippen LogP contribution in [0.1, 0.15) is 62.6 Å². The lowest BCUT2D eigenvalue weighted by atomic mass is 9.94. The van der Waals surface area contributed by atoms with Crippen molar-refractivity contribution in [1.82, 2.24) is 10.2 Å². The third kappa shape index (κ3) is 5.19. The fraction of sp³-hybridized carbons (Fsp3) is 0.765. The molecular formula is C17H30N2S. The summed E-state index contributed by atoms with van der Waals surface area (Å²) in [5, 5.41) is 3.56. The van der Waals surface area contributed by atoms with Crippen molar-refractivity contribution in [3.8, 4) is 0 Å². The van der Waals surface area contributed by atoms with Crippen LogP contribution >= 0.6 is 11.3 Å². The van der Waals surface area contributed by atoms with Crippen LogP contribution in [0.2, 0.25) is 0 Å². The zero-order chi connectivity index (χ0) is 14.6. The number of nitrogens with one attached hydrogen (secondary N) is 1. The highest BCUT2D eigenvalue weighted by atomic mass is 32.1. The van der Waals surface area contributed by atoms with Crippen molar-refractivity contribution >= 4 is 11.3 Å². The number of hydrogen-bond donors (Lipinski definition) is 1. The van der Waals surface area contributed by atoms with Crippen LogP contribution < -0.4 is 5.32 Å². The van der Waals surface area contributed by atoms with Gasteiger partial charge in [-0.2, -0.15) is 0 Å². The Hall–Kier alpha value is -0.380. The number of hydrogen-bond acceptors (Lipinski definition) is 3. The van der Waals surface area contributed by atoms with Crippen LogP contribution in [0.5, 0.6) is 0 Å². The van der Waals surface area contributed by atoms with Crippen molar-refractivity contribution in [2.75, 3.05) is 7.05 Å². The fourth-order valence-electron chi connectivity index (χ4n) is 2.85. The normalized spacial score (nSPS) is 17.9. The summed E-state index contributed by atoms with van der Waals surface area (Å²) in [6.45, 7) is 8.77. The Kier molecular flexibility index (Phi) is 5.65. The minimum atomic E-state index is 0.197. The molecule has 114 valence electrons. The van der Waals surface area contributed by atoms with E-state index in [-0.39, 0.29) is 5.54 Å². The molecule has 0 saturated heterocycles. The molecule has 0 amide bonds. The van der Waals surface area contributed by atoms with Crippen LogP contribution in [0.3, 0.4) is 0 Å². The molecule has 2 nitrogen and oxygen atoms in total. The fourth-order valence-corrected chi connectivity index (χ4v) is 3.87. The Bertz CT molecular complexity index is 399. The second kappa shape index (κ2) is 7.06. The maximum atomic E-state index is 3.56. The summed E-state index contributed by atoms with van der Waals surface area (Å²) in [6, 6.07) is 5.40. The predicted molar refractivity (Wildman–Crippen MR) is 89.3 cm³/mol. The van der Waals surface area contributed by atoms with E-state index in [2.05, 4.69) is 50.2 Å². The minimum Gasteiger partial charge on any atom is -0.307 e. The molecule has 0 atom stereocenters. The van der Waals surface area contributed by atoms with Gasteiger partial charge in [-0.05, 0) is 52.8 Å². The molecule has 20 heavy (non-hydrogen) atoms. The summed E-state index contributed by atoms with van der Waals surface area (Å²) in [5.74, 6) is 0. The lowest BCUT2D eigenvalue weighted by Gasteiger charge is -2.30. The van der Waals surface area contributed by atoms with Gasteiger partial charge in [0.05, 0.1) is 0 Å². The van der Waals surface area contributed by atoms with Crippen molar-refractivity contribution in [2.45, 2.75) is 77.5 Å². The van der Waals surface area contributed by atoms with Gasteiger partial charge < -0.3 is 5.32 Å².